The zero-order valence-electron chi connectivity index (χ0n) is 14.5. The number of fused-ring (bicyclic) bond motifs is 1. The van der Waals surface area contributed by atoms with Gasteiger partial charge in [-0.3, -0.25) is 14.6 Å². The van der Waals surface area contributed by atoms with E-state index < -0.39 is 15.6 Å². The van der Waals surface area contributed by atoms with Crippen LogP contribution in [0, 0.1) is 13.8 Å². The van der Waals surface area contributed by atoms with E-state index >= 15 is 0 Å². The van der Waals surface area contributed by atoms with E-state index in [4.69, 9.17) is 9.47 Å². The molecular formula is C15H17N5O5S. The van der Waals surface area contributed by atoms with Crippen LogP contribution >= 0.6 is 0 Å². The van der Waals surface area contributed by atoms with E-state index in [0.29, 0.717) is 11.6 Å². The van der Waals surface area contributed by atoms with Crippen LogP contribution in [0.15, 0.2) is 27.9 Å². The molecule has 1 aromatic carbocycles. The molecule has 0 aliphatic heterocycles. The Morgan fingerprint density at radius 3 is 2.54 bits per heavy atom. The summed E-state index contributed by atoms with van der Waals surface area (Å²) in [6, 6.07) is 4.34. The maximum Gasteiger partial charge on any atom is 0.298 e. The number of rotatable bonds is 5. The van der Waals surface area contributed by atoms with Crippen molar-refractivity contribution in [3.63, 3.8) is 0 Å². The molecule has 0 bridgehead atoms. The first-order valence-corrected chi connectivity index (χ1v) is 8.96. The van der Waals surface area contributed by atoms with Gasteiger partial charge < -0.3 is 9.47 Å². The molecule has 0 fully saturated rings. The van der Waals surface area contributed by atoms with Gasteiger partial charge in [0.2, 0.25) is 0 Å². The molecule has 0 aliphatic rings. The SMILES string of the molecule is COc1ccc(OC)c(S(=O)(=O)Nc2c(C)nc3nc(C)[nH]n3c2=O)c1. The number of methoxy groups -OCH3 is 2. The van der Waals surface area contributed by atoms with Crippen LogP contribution in [-0.2, 0) is 10.0 Å². The van der Waals surface area contributed by atoms with Gasteiger partial charge in [0.25, 0.3) is 21.4 Å². The van der Waals surface area contributed by atoms with Gasteiger partial charge in [0.05, 0.1) is 19.9 Å². The van der Waals surface area contributed by atoms with Crippen molar-refractivity contribution in [2.45, 2.75) is 18.7 Å². The lowest BCUT2D eigenvalue weighted by Gasteiger charge is -2.13. The predicted molar refractivity (Wildman–Crippen MR) is 93.4 cm³/mol. The fourth-order valence-electron chi connectivity index (χ4n) is 2.43. The Bertz CT molecular complexity index is 1150. The summed E-state index contributed by atoms with van der Waals surface area (Å²) in [7, 11) is -1.37. The highest BCUT2D eigenvalue weighted by Gasteiger charge is 2.24. The van der Waals surface area contributed by atoms with Gasteiger partial charge in [-0.25, -0.2) is 13.4 Å². The Balaban J connectivity index is 2.14. The van der Waals surface area contributed by atoms with Crippen molar-refractivity contribution in [1.29, 1.82) is 0 Å². The third kappa shape index (κ3) is 2.96. The second-order valence-corrected chi connectivity index (χ2v) is 7.09. The molecule has 26 heavy (non-hydrogen) atoms. The van der Waals surface area contributed by atoms with Crippen LogP contribution in [0.25, 0.3) is 5.78 Å². The van der Waals surface area contributed by atoms with Crippen molar-refractivity contribution in [2.75, 3.05) is 18.9 Å². The van der Waals surface area contributed by atoms with Crippen LogP contribution in [-0.4, -0.2) is 42.2 Å². The van der Waals surface area contributed by atoms with Crippen molar-refractivity contribution in [2.24, 2.45) is 0 Å². The molecule has 0 spiro atoms. The van der Waals surface area contributed by atoms with Gasteiger partial charge in [0.1, 0.15) is 27.9 Å². The van der Waals surface area contributed by atoms with Gasteiger partial charge in [0, 0.05) is 6.07 Å². The van der Waals surface area contributed by atoms with Crippen LogP contribution in [0.2, 0.25) is 0 Å². The van der Waals surface area contributed by atoms with Gasteiger partial charge >= 0.3 is 0 Å². The first-order chi connectivity index (χ1) is 12.3. The Hall–Kier alpha value is -3.08. The van der Waals surface area contributed by atoms with Crippen molar-refractivity contribution >= 4 is 21.5 Å². The number of anilines is 1. The van der Waals surface area contributed by atoms with E-state index in [1.807, 2.05) is 0 Å². The highest BCUT2D eigenvalue weighted by atomic mass is 32.2. The molecule has 0 amide bonds. The largest absolute Gasteiger partial charge is 0.497 e. The Labute approximate surface area is 148 Å². The second kappa shape index (κ2) is 6.33. The number of sulfonamides is 1. The predicted octanol–water partition coefficient (Wildman–Crippen LogP) is 0.852. The average Bonchev–Trinajstić information content (AvgIpc) is 2.98. The van der Waals surface area contributed by atoms with E-state index in [1.165, 1.54) is 33.3 Å². The van der Waals surface area contributed by atoms with Gasteiger partial charge in [-0.2, -0.15) is 9.50 Å². The lowest BCUT2D eigenvalue weighted by molar-refractivity contribution is 0.392. The number of hydrogen-bond donors (Lipinski definition) is 2. The summed E-state index contributed by atoms with van der Waals surface area (Å²) in [4.78, 5) is 20.7. The Morgan fingerprint density at radius 2 is 1.88 bits per heavy atom. The van der Waals surface area contributed by atoms with Crippen LogP contribution < -0.4 is 19.8 Å². The van der Waals surface area contributed by atoms with Crippen molar-refractivity contribution in [3.8, 4) is 11.5 Å². The summed E-state index contributed by atoms with van der Waals surface area (Å²) >= 11 is 0. The quantitative estimate of drug-likeness (QED) is 0.673. The topological polar surface area (TPSA) is 128 Å². The maximum atomic E-state index is 12.8. The minimum Gasteiger partial charge on any atom is -0.497 e. The number of nitrogens with one attached hydrogen (secondary N) is 2. The first-order valence-electron chi connectivity index (χ1n) is 7.47. The molecule has 138 valence electrons. The van der Waals surface area contributed by atoms with Gasteiger partial charge in [-0.1, -0.05) is 0 Å². The van der Waals surface area contributed by atoms with E-state index in [1.54, 1.807) is 13.0 Å². The van der Waals surface area contributed by atoms with E-state index in [9.17, 15) is 13.2 Å². The molecule has 0 unspecified atom stereocenters. The number of aromatic nitrogens is 4. The Morgan fingerprint density at radius 1 is 1.15 bits per heavy atom. The standard InChI is InChI=1S/C15H17N5O5S/c1-8-13(14(21)20-15(16-8)17-9(2)18-20)19-26(22,23)12-7-10(24-3)5-6-11(12)25-4/h5-7,19H,1-4H3,(H,16,17,18). The number of nitrogens with zero attached hydrogens (tertiary/aromatic N) is 3. The number of aryl methyl sites for hydroxylation is 2. The first kappa shape index (κ1) is 17.7. The van der Waals surface area contributed by atoms with Gasteiger partial charge in [0.15, 0.2) is 0 Å². The molecule has 0 radical (unpaired) electrons. The molecule has 3 rings (SSSR count). The zero-order chi connectivity index (χ0) is 19.1. The summed E-state index contributed by atoms with van der Waals surface area (Å²) in [6.07, 6.45) is 0. The summed E-state index contributed by atoms with van der Waals surface area (Å²) in [5.74, 6) is 1.08. The number of H-pyrrole nitrogens is 1. The van der Waals surface area contributed by atoms with Gasteiger partial charge in [-0.15, -0.1) is 0 Å². The fraction of sp³-hybridized carbons (Fsp3) is 0.267. The molecule has 11 heteroatoms. The molecule has 0 aliphatic carbocycles. The second-order valence-electron chi connectivity index (χ2n) is 5.44. The van der Waals surface area contributed by atoms with Crippen molar-refractivity contribution in [1.82, 2.24) is 19.6 Å². The molecule has 2 aromatic heterocycles. The smallest absolute Gasteiger partial charge is 0.298 e. The highest BCUT2D eigenvalue weighted by Crippen LogP contribution is 2.29. The third-order valence-corrected chi connectivity index (χ3v) is 5.06. The monoisotopic (exact) mass is 379 g/mol. The molecule has 2 heterocycles. The third-order valence-electron chi connectivity index (χ3n) is 3.68. The lowest BCUT2D eigenvalue weighted by Crippen LogP contribution is -2.25. The summed E-state index contributed by atoms with van der Waals surface area (Å²) in [5.41, 5.74) is -0.596. The summed E-state index contributed by atoms with van der Waals surface area (Å²) in [5, 5.41) is 2.71. The molecule has 2 N–H and O–H groups in total. The van der Waals surface area contributed by atoms with Gasteiger partial charge in [-0.05, 0) is 26.0 Å². The molecule has 0 saturated heterocycles. The summed E-state index contributed by atoms with van der Waals surface area (Å²) in [6.45, 7) is 3.18. The minimum atomic E-state index is -4.14. The van der Waals surface area contributed by atoms with Crippen LogP contribution in [0.3, 0.4) is 0 Å². The molecule has 0 saturated carbocycles. The number of benzene rings is 1. The Kier molecular flexibility index (Phi) is 4.32. The van der Waals surface area contributed by atoms with Crippen molar-refractivity contribution in [3.05, 3.63) is 40.1 Å². The fourth-order valence-corrected chi connectivity index (χ4v) is 3.73. The van der Waals surface area contributed by atoms with E-state index in [0.717, 1.165) is 4.52 Å². The van der Waals surface area contributed by atoms with E-state index in [2.05, 4.69) is 19.8 Å². The minimum absolute atomic E-state index is 0.113. The maximum absolute atomic E-state index is 12.8. The van der Waals surface area contributed by atoms with E-state index in [-0.39, 0.29) is 27.8 Å². The molecule has 3 aromatic rings. The average molecular weight is 379 g/mol. The van der Waals surface area contributed by atoms with Crippen molar-refractivity contribution < 1.29 is 17.9 Å². The number of aromatic amines is 1. The highest BCUT2D eigenvalue weighted by molar-refractivity contribution is 7.92. The van der Waals surface area contributed by atoms with Crippen LogP contribution in [0.4, 0.5) is 5.69 Å². The number of hydrogen-bond acceptors (Lipinski definition) is 7. The molecule has 10 nitrogen and oxygen atoms in total. The molecule has 0 atom stereocenters. The molecular weight excluding hydrogens is 362 g/mol. The zero-order valence-corrected chi connectivity index (χ0v) is 15.3. The van der Waals surface area contributed by atoms with Crippen LogP contribution in [0.5, 0.6) is 11.5 Å². The van der Waals surface area contributed by atoms with Crippen LogP contribution in [0.1, 0.15) is 11.5 Å². The number of ether oxygens (including phenoxy) is 2. The summed E-state index contributed by atoms with van der Waals surface area (Å²) < 4.78 is 39.2. The normalized spacial score (nSPS) is 11.5. The lowest BCUT2D eigenvalue weighted by atomic mass is 10.3.